The summed E-state index contributed by atoms with van der Waals surface area (Å²) >= 11 is 0. The largest absolute Gasteiger partial charge is 0.394 e. The van der Waals surface area contributed by atoms with Gasteiger partial charge in [0.05, 0.1) is 19.8 Å². The lowest BCUT2D eigenvalue weighted by Crippen LogP contribution is -2.39. The molecule has 0 aromatic rings. The van der Waals surface area contributed by atoms with Crippen LogP contribution in [-0.4, -0.2) is 134 Å². The van der Waals surface area contributed by atoms with E-state index in [2.05, 4.69) is 0 Å². The zero-order valence-corrected chi connectivity index (χ0v) is 14.7. The second-order valence-electron chi connectivity index (χ2n) is 6.94. The summed E-state index contributed by atoms with van der Waals surface area (Å²) in [4.78, 5) is 0. The minimum Gasteiger partial charge on any atom is -0.394 e. The molecular formula is C15H26O13. The first kappa shape index (κ1) is 22.2. The van der Waals surface area contributed by atoms with E-state index in [0.29, 0.717) is 0 Å². The fourth-order valence-electron chi connectivity index (χ4n) is 3.24. The topological polar surface area (TPSA) is 208 Å². The highest BCUT2D eigenvalue weighted by atomic mass is 16.7. The molecule has 8 N–H and O–H groups in total. The second-order valence-corrected chi connectivity index (χ2v) is 6.94. The third-order valence-corrected chi connectivity index (χ3v) is 5.00. The Morgan fingerprint density at radius 3 is 1.39 bits per heavy atom. The molecule has 0 aromatic heterocycles. The van der Waals surface area contributed by atoms with Gasteiger partial charge in [0.1, 0.15) is 54.9 Å². The van der Waals surface area contributed by atoms with Crippen molar-refractivity contribution in [2.45, 2.75) is 73.8 Å². The van der Waals surface area contributed by atoms with Crippen LogP contribution in [0.1, 0.15) is 0 Å². The zero-order valence-electron chi connectivity index (χ0n) is 14.7. The lowest BCUT2D eigenvalue weighted by molar-refractivity contribution is -0.215. The van der Waals surface area contributed by atoms with Gasteiger partial charge < -0.3 is 64.5 Å². The maximum absolute atomic E-state index is 10.1. The number of ether oxygens (including phenoxy) is 5. The minimum atomic E-state index is -1.57. The zero-order chi connectivity index (χ0) is 20.6. The van der Waals surface area contributed by atoms with Crippen LogP contribution in [-0.2, 0) is 23.7 Å². The Morgan fingerprint density at radius 2 is 0.964 bits per heavy atom. The van der Waals surface area contributed by atoms with Crippen molar-refractivity contribution in [2.75, 3.05) is 19.8 Å². The molecule has 13 heteroatoms. The minimum absolute atomic E-state index is 0.329. The lowest BCUT2D eigenvalue weighted by Gasteiger charge is -2.20. The van der Waals surface area contributed by atoms with Gasteiger partial charge in [-0.05, 0) is 0 Å². The molecule has 3 heterocycles. The molecule has 28 heavy (non-hydrogen) atoms. The number of hydrogen-bond donors (Lipinski definition) is 8. The highest BCUT2D eigenvalue weighted by Gasteiger charge is 2.48. The summed E-state index contributed by atoms with van der Waals surface area (Å²) in [6, 6.07) is 0. The van der Waals surface area contributed by atoms with Gasteiger partial charge in [-0.1, -0.05) is 0 Å². The molecule has 12 atom stereocenters. The SMILES string of the molecule is OC[C@H]1O[C@H](OC[C@H]2O[C@H](OC[C@H]3OC(O)[C@@H](O)[C@@H]3O)[C@@H](O)[C@@H]2O)[C@@H](O)[C@@H]1O. The van der Waals surface area contributed by atoms with Crippen molar-refractivity contribution in [2.24, 2.45) is 0 Å². The third kappa shape index (κ3) is 4.32. The van der Waals surface area contributed by atoms with Crippen LogP contribution in [0.3, 0.4) is 0 Å². The molecule has 0 spiro atoms. The number of aliphatic hydroxyl groups is 8. The lowest BCUT2D eigenvalue weighted by atomic mass is 10.1. The Hall–Kier alpha value is -0.520. The summed E-state index contributed by atoms with van der Waals surface area (Å²) in [6.07, 6.45) is -15.8. The summed E-state index contributed by atoms with van der Waals surface area (Å²) in [5.41, 5.74) is 0. The summed E-state index contributed by atoms with van der Waals surface area (Å²) < 4.78 is 25.9. The van der Waals surface area contributed by atoms with Crippen LogP contribution in [0, 0.1) is 0 Å². The molecule has 3 saturated heterocycles. The number of aliphatic hydroxyl groups excluding tert-OH is 8. The third-order valence-electron chi connectivity index (χ3n) is 5.00. The summed E-state index contributed by atoms with van der Waals surface area (Å²) in [5.74, 6) is 0. The fourth-order valence-corrected chi connectivity index (χ4v) is 3.24. The molecule has 0 aromatic carbocycles. The van der Waals surface area contributed by atoms with Crippen molar-refractivity contribution in [3.8, 4) is 0 Å². The molecular weight excluding hydrogens is 388 g/mol. The van der Waals surface area contributed by atoms with Crippen LogP contribution < -0.4 is 0 Å². The van der Waals surface area contributed by atoms with Crippen LogP contribution >= 0.6 is 0 Å². The van der Waals surface area contributed by atoms with Gasteiger partial charge in [0.2, 0.25) is 0 Å². The van der Waals surface area contributed by atoms with Gasteiger partial charge in [0.25, 0.3) is 0 Å². The van der Waals surface area contributed by atoms with Gasteiger partial charge in [0, 0.05) is 0 Å². The first-order chi connectivity index (χ1) is 13.2. The van der Waals surface area contributed by atoms with Gasteiger partial charge in [-0.2, -0.15) is 0 Å². The van der Waals surface area contributed by atoms with E-state index in [9.17, 15) is 35.7 Å². The summed E-state index contributed by atoms with van der Waals surface area (Å²) in [5, 5.41) is 77.1. The quantitative estimate of drug-likeness (QED) is 0.196. The van der Waals surface area contributed by atoms with E-state index in [1.807, 2.05) is 0 Å². The average Bonchev–Trinajstić information content (AvgIpc) is 3.21. The molecule has 0 aliphatic carbocycles. The van der Waals surface area contributed by atoms with Gasteiger partial charge in [-0.3, -0.25) is 0 Å². The predicted molar refractivity (Wildman–Crippen MR) is 83.2 cm³/mol. The van der Waals surface area contributed by atoms with E-state index >= 15 is 0 Å². The normalized spacial score (nSPS) is 51.9. The van der Waals surface area contributed by atoms with E-state index in [0.717, 1.165) is 0 Å². The van der Waals surface area contributed by atoms with Crippen molar-refractivity contribution in [3.05, 3.63) is 0 Å². The summed E-state index contributed by atoms with van der Waals surface area (Å²) in [7, 11) is 0. The monoisotopic (exact) mass is 414 g/mol. The predicted octanol–water partition coefficient (Wildman–Crippen LogP) is -5.66. The first-order valence-corrected chi connectivity index (χ1v) is 8.81. The Kier molecular flexibility index (Phi) is 7.20. The van der Waals surface area contributed by atoms with E-state index in [-0.39, 0.29) is 13.2 Å². The van der Waals surface area contributed by atoms with Crippen molar-refractivity contribution < 1.29 is 64.5 Å². The smallest absolute Gasteiger partial charge is 0.186 e. The molecule has 3 aliphatic rings. The molecule has 164 valence electrons. The van der Waals surface area contributed by atoms with Crippen LogP contribution in [0.15, 0.2) is 0 Å². The molecule has 1 unspecified atom stereocenters. The van der Waals surface area contributed by atoms with Crippen molar-refractivity contribution >= 4 is 0 Å². The molecule has 3 rings (SSSR count). The standard InChI is InChI=1S/C15H26O13/c16-1-4-7(17)11(21)14(27-4)25-3-6-9(19)12(22)15(28-6)24-2-5-8(18)10(20)13(23)26-5/h4-23H,1-3H2/t4-,5-,6-,7-,8-,9-,10+,11+,12+,13?,14+,15+/m1/s1. The Labute approximate surface area is 159 Å². The van der Waals surface area contributed by atoms with Gasteiger partial charge >= 0.3 is 0 Å². The molecule has 0 radical (unpaired) electrons. The average molecular weight is 414 g/mol. The van der Waals surface area contributed by atoms with Gasteiger partial charge in [-0.15, -0.1) is 0 Å². The van der Waals surface area contributed by atoms with E-state index in [4.69, 9.17) is 28.8 Å². The highest BCUT2D eigenvalue weighted by molar-refractivity contribution is 4.90. The fraction of sp³-hybridized carbons (Fsp3) is 1.00. The Morgan fingerprint density at radius 1 is 0.536 bits per heavy atom. The van der Waals surface area contributed by atoms with Crippen LogP contribution in [0.4, 0.5) is 0 Å². The van der Waals surface area contributed by atoms with Crippen molar-refractivity contribution in [3.63, 3.8) is 0 Å². The molecule has 0 saturated carbocycles. The van der Waals surface area contributed by atoms with E-state index in [1.165, 1.54) is 0 Å². The first-order valence-electron chi connectivity index (χ1n) is 8.81. The molecule has 3 aliphatic heterocycles. The highest BCUT2D eigenvalue weighted by Crippen LogP contribution is 2.27. The molecule has 13 nitrogen and oxygen atoms in total. The van der Waals surface area contributed by atoms with Gasteiger partial charge in [0.15, 0.2) is 18.9 Å². The maximum atomic E-state index is 10.1. The summed E-state index contributed by atoms with van der Waals surface area (Å²) in [6.45, 7) is -1.19. The second kappa shape index (κ2) is 9.09. The van der Waals surface area contributed by atoms with Gasteiger partial charge in [-0.25, -0.2) is 0 Å². The van der Waals surface area contributed by atoms with Crippen LogP contribution in [0.25, 0.3) is 0 Å². The molecule has 0 amide bonds. The maximum Gasteiger partial charge on any atom is 0.186 e. The molecule has 3 fully saturated rings. The van der Waals surface area contributed by atoms with E-state index < -0.39 is 80.4 Å². The Balaban J connectivity index is 1.46. The Bertz CT molecular complexity index is 508. The number of hydrogen-bond acceptors (Lipinski definition) is 13. The van der Waals surface area contributed by atoms with Crippen LogP contribution in [0.5, 0.6) is 0 Å². The number of rotatable bonds is 7. The van der Waals surface area contributed by atoms with Crippen LogP contribution in [0.2, 0.25) is 0 Å². The van der Waals surface area contributed by atoms with E-state index in [1.54, 1.807) is 0 Å². The molecule has 0 bridgehead atoms. The van der Waals surface area contributed by atoms with Crippen molar-refractivity contribution in [1.29, 1.82) is 0 Å². The van der Waals surface area contributed by atoms with Crippen molar-refractivity contribution in [1.82, 2.24) is 0 Å².